The van der Waals surface area contributed by atoms with Crippen LogP contribution in [0.2, 0.25) is 0 Å². The van der Waals surface area contributed by atoms with Gasteiger partial charge in [0, 0.05) is 6.54 Å². The van der Waals surface area contributed by atoms with Crippen LogP contribution >= 0.6 is 0 Å². The van der Waals surface area contributed by atoms with Crippen molar-refractivity contribution in [2.45, 2.75) is 13.5 Å². The van der Waals surface area contributed by atoms with E-state index in [2.05, 4.69) is 5.92 Å². The van der Waals surface area contributed by atoms with Gasteiger partial charge >= 0.3 is 5.97 Å². The lowest BCUT2D eigenvalue weighted by atomic mass is 10.1. The van der Waals surface area contributed by atoms with Crippen molar-refractivity contribution in [1.82, 2.24) is 4.90 Å². The fraction of sp³-hybridized carbons (Fsp3) is 0.308. The average Bonchev–Trinajstić information content (AvgIpc) is 2.21. The summed E-state index contributed by atoms with van der Waals surface area (Å²) >= 11 is 0. The molecule has 0 fully saturated rings. The predicted molar refractivity (Wildman–Crippen MR) is 62.9 cm³/mol. The van der Waals surface area contributed by atoms with E-state index in [4.69, 9.17) is 11.5 Å². The fourth-order valence-corrected chi connectivity index (χ4v) is 1.57. The molecule has 0 aliphatic rings. The first-order valence-electron chi connectivity index (χ1n) is 5.15. The lowest BCUT2D eigenvalue weighted by Gasteiger charge is -2.18. The Balaban J connectivity index is 2.78. The van der Waals surface area contributed by atoms with Gasteiger partial charge in [-0.1, -0.05) is 12.0 Å². The van der Waals surface area contributed by atoms with Crippen molar-refractivity contribution in [1.29, 1.82) is 0 Å². The fourth-order valence-electron chi connectivity index (χ4n) is 1.57. The van der Waals surface area contributed by atoms with E-state index in [1.807, 2.05) is 0 Å². The number of carboxylic acids is 1. The van der Waals surface area contributed by atoms with Crippen molar-refractivity contribution in [2.75, 3.05) is 13.1 Å². The van der Waals surface area contributed by atoms with Crippen molar-refractivity contribution >= 4 is 5.97 Å². The standard InChI is InChI=1S/C13H14FNO2/c1-3-6-15(9-13(16)17)8-11-4-5-12(14)7-10(11)2/h1,4-5,7H,6,8-9H2,2H3,(H,16,17). The molecule has 0 radical (unpaired) electrons. The number of rotatable bonds is 5. The Kier molecular flexibility index (Phi) is 4.68. The van der Waals surface area contributed by atoms with Crippen LogP contribution in [0.5, 0.6) is 0 Å². The number of aryl methyl sites for hydroxylation is 1. The van der Waals surface area contributed by atoms with Crippen molar-refractivity contribution in [2.24, 2.45) is 0 Å². The molecule has 4 heteroatoms. The normalized spacial score (nSPS) is 10.2. The number of halogens is 1. The monoisotopic (exact) mass is 235 g/mol. The molecule has 1 aromatic carbocycles. The van der Waals surface area contributed by atoms with Crippen LogP contribution in [-0.4, -0.2) is 29.1 Å². The Bertz CT molecular complexity index is 451. The molecule has 1 rings (SSSR count). The van der Waals surface area contributed by atoms with Crippen LogP contribution in [0.4, 0.5) is 4.39 Å². The van der Waals surface area contributed by atoms with Crippen LogP contribution in [0.15, 0.2) is 18.2 Å². The number of aliphatic carboxylic acids is 1. The molecule has 0 unspecified atom stereocenters. The average molecular weight is 235 g/mol. The van der Waals surface area contributed by atoms with Gasteiger partial charge in [0.1, 0.15) is 5.82 Å². The predicted octanol–water partition coefficient (Wildman–Crippen LogP) is 1.65. The molecule has 0 aromatic heterocycles. The highest BCUT2D eigenvalue weighted by atomic mass is 19.1. The van der Waals surface area contributed by atoms with Crippen LogP contribution in [0.1, 0.15) is 11.1 Å². The number of benzene rings is 1. The first-order valence-corrected chi connectivity index (χ1v) is 5.15. The summed E-state index contributed by atoms with van der Waals surface area (Å²) < 4.78 is 12.9. The van der Waals surface area contributed by atoms with E-state index >= 15 is 0 Å². The van der Waals surface area contributed by atoms with Crippen molar-refractivity contribution in [3.63, 3.8) is 0 Å². The van der Waals surface area contributed by atoms with Crippen LogP contribution in [0.25, 0.3) is 0 Å². The van der Waals surface area contributed by atoms with Crippen LogP contribution in [-0.2, 0) is 11.3 Å². The second-order valence-electron chi connectivity index (χ2n) is 3.81. The third-order valence-electron chi connectivity index (χ3n) is 2.37. The molecule has 1 N–H and O–H groups in total. The number of carbonyl (C=O) groups is 1. The van der Waals surface area contributed by atoms with Gasteiger partial charge in [-0.3, -0.25) is 9.69 Å². The van der Waals surface area contributed by atoms with Crippen molar-refractivity contribution < 1.29 is 14.3 Å². The van der Waals surface area contributed by atoms with Gasteiger partial charge in [-0.25, -0.2) is 4.39 Å². The zero-order chi connectivity index (χ0) is 12.8. The largest absolute Gasteiger partial charge is 0.480 e. The Hall–Kier alpha value is -1.86. The van der Waals surface area contributed by atoms with Gasteiger partial charge in [-0.2, -0.15) is 0 Å². The number of terminal acetylenes is 1. The van der Waals surface area contributed by atoms with Crippen LogP contribution < -0.4 is 0 Å². The molecule has 0 bridgehead atoms. The number of nitrogens with zero attached hydrogens (tertiary/aromatic N) is 1. The molecular weight excluding hydrogens is 221 g/mol. The molecule has 1 aromatic rings. The molecule has 0 spiro atoms. The third kappa shape index (κ3) is 4.25. The maximum Gasteiger partial charge on any atom is 0.317 e. The molecule has 3 nitrogen and oxygen atoms in total. The summed E-state index contributed by atoms with van der Waals surface area (Å²) in [5, 5.41) is 8.73. The third-order valence-corrected chi connectivity index (χ3v) is 2.37. The first-order chi connectivity index (χ1) is 8.02. The second-order valence-corrected chi connectivity index (χ2v) is 3.81. The minimum atomic E-state index is -0.931. The summed E-state index contributed by atoms with van der Waals surface area (Å²) in [6.45, 7) is 2.32. The number of carboxylic acid groups (broad SMARTS) is 1. The zero-order valence-electron chi connectivity index (χ0n) is 9.61. The summed E-state index contributed by atoms with van der Waals surface area (Å²) in [5.74, 6) is 1.18. The van der Waals surface area contributed by atoms with Gasteiger partial charge in [0.25, 0.3) is 0 Å². The van der Waals surface area contributed by atoms with Gasteiger partial charge < -0.3 is 5.11 Å². The lowest BCUT2D eigenvalue weighted by Crippen LogP contribution is -2.30. The molecule has 0 heterocycles. The zero-order valence-corrected chi connectivity index (χ0v) is 9.61. The maximum atomic E-state index is 12.9. The molecular formula is C13H14FNO2. The Labute approximate surface area is 99.9 Å². The van der Waals surface area contributed by atoms with E-state index < -0.39 is 5.97 Å². The minimum Gasteiger partial charge on any atom is -0.480 e. The molecule has 0 saturated carbocycles. The highest BCUT2D eigenvalue weighted by Crippen LogP contribution is 2.12. The van der Waals surface area contributed by atoms with Crippen molar-refractivity contribution in [3.05, 3.63) is 35.1 Å². The Morgan fingerprint density at radius 2 is 2.29 bits per heavy atom. The van der Waals surface area contributed by atoms with Gasteiger partial charge in [0.2, 0.25) is 0 Å². The molecule has 0 aliphatic carbocycles. The van der Waals surface area contributed by atoms with Crippen LogP contribution in [0, 0.1) is 25.1 Å². The lowest BCUT2D eigenvalue weighted by molar-refractivity contribution is -0.138. The first kappa shape index (κ1) is 13.2. The molecule has 0 aliphatic heterocycles. The van der Waals surface area contributed by atoms with Gasteiger partial charge in [0.15, 0.2) is 0 Å². The highest BCUT2D eigenvalue weighted by Gasteiger charge is 2.10. The summed E-state index contributed by atoms with van der Waals surface area (Å²) in [6, 6.07) is 4.43. The Morgan fingerprint density at radius 3 is 2.82 bits per heavy atom. The summed E-state index contributed by atoms with van der Waals surface area (Å²) in [4.78, 5) is 12.3. The molecule has 0 saturated heterocycles. The van der Waals surface area contributed by atoms with Gasteiger partial charge in [-0.05, 0) is 30.2 Å². The summed E-state index contributed by atoms with van der Waals surface area (Å²) in [5.41, 5.74) is 1.67. The smallest absolute Gasteiger partial charge is 0.317 e. The van der Waals surface area contributed by atoms with Gasteiger partial charge in [0.05, 0.1) is 13.1 Å². The van der Waals surface area contributed by atoms with Gasteiger partial charge in [-0.15, -0.1) is 6.42 Å². The summed E-state index contributed by atoms with van der Waals surface area (Å²) in [6.07, 6.45) is 5.18. The quantitative estimate of drug-likeness (QED) is 0.789. The van der Waals surface area contributed by atoms with Crippen molar-refractivity contribution in [3.8, 4) is 12.3 Å². The SMILES string of the molecule is C#CCN(CC(=O)O)Cc1ccc(F)cc1C. The number of hydrogen-bond donors (Lipinski definition) is 1. The van der Waals surface area contributed by atoms with E-state index in [0.29, 0.717) is 6.54 Å². The molecule has 0 amide bonds. The molecule has 0 atom stereocenters. The second kappa shape index (κ2) is 6.02. The van der Waals surface area contributed by atoms with E-state index in [-0.39, 0.29) is 18.9 Å². The molecule has 90 valence electrons. The van der Waals surface area contributed by atoms with E-state index in [1.54, 1.807) is 17.9 Å². The number of hydrogen-bond acceptors (Lipinski definition) is 2. The minimum absolute atomic E-state index is 0.124. The summed E-state index contributed by atoms with van der Waals surface area (Å²) in [7, 11) is 0. The van der Waals surface area contributed by atoms with E-state index in [9.17, 15) is 9.18 Å². The molecule has 17 heavy (non-hydrogen) atoms. The maximum absolute atomic E-state index is 12.9. The van der Waals surface area contributed by atoms with E-state index in [0.717, 1.165) is 11.1 Å². The van der Waals surface area contributed by atoms with Crippen LogP contribution in [0.3, 0.4) is 0 Å². The Morgan fingerprint density at radius 1 is 1.59 bits per heavy atom. The van der Waals surface area contributed by atoms with E-state index in [1.165, 1.54) is 12.1 Å². The topological polar surface area (TPSA) is 40.5 Å². The highest BCUT2D eigenvalue weighted by molar-refractivity contribution is 5.69.